The molecule has 1 aliphatic heterocycles. The lowest BCUT2D eigenvalue weighted by molar-refractivity contribution is -0.123. The van der Waals surface area contributed by atoms with Crippen LogP contribution in [0.25, 0.3) is 10.2 Å². The molecule has 176 valence electrons. The molecule has 7 nitrogen and oxygen atoms in total. The first kappa shape index (κ1) is 23.4. The van der Waals surface area contributed by atoms with E-state index in [2.05, 4.69) is 9.97 Å². The third-order valence-corrected chi connectivity index (χ3v) is 10.3. The van der Waals surface area contributed by atoms with Crippen molar-refractivity contribution in [1.29, 1.82) is 0 Å². The van der Waals surface area contributed by atoms with Crippen molar-refractivity contribution in [2.75, 3.05) is 11.4 Å². The molecule has 1 unspecified atom stereocenters. The molecule has 1 aliphatic rings. The summed E-state index contributed by atoms with van der Waals surface area (Å²) in [6.07, 6.45) is 5.32. The number of rotatable bonds is 6. The number of anilines is 1. The van der Waals surface area contributed by atoms with Crippen LogP contribution in [0.1, 0.15) is 24.8 Å². The number of carbonyl (C=O) groups is 1. The summed E-state index contributed by atoms with van der Waals surface area (Å²) in [5, 5.41) is 2.72. The van der Waals surface area contributed by atoms with Crippen molar-refractivity contribution in [3.05, 3.63) is 70.8 Å². The van der Waals surface area contributed by atoms with Gasteiger partial charge in [-0.3, -0.25) is 14.7 Å². The number of piperidine rings is 1. The smallest absolute Gasteiger partial charge is 0.253 e. The number of thiazole rings is 1. The summed E-state index contributed by atoms with van der Waals surface area (Å²) in [5.41, 5.74) is 1.45. The number of nitrogens with zero attached hydrogens (tertiary/aromatic N) is 4. The molecule has 11 heteroatoms. The molecule has 0 saturated carbocycles. The van der Waals surface area contributed by atoms with Crippen LogP contribution < -0.4 is 4.90 Å². The molecule has 0 radical (unpaired) electrons. The maximum Gasteiger partial charge on any atom is 0.253 e. The third-order valence-electron chi connectivity index (χ3n) is 5.72. The predicted molar refractivity (Wildman–Crippen MR) is 136 cm³/mol. The van der Waals surface area contributed by atoms with Crippen LogP contribution >= 0.6 is 34.3 Å². The first-order chi connectivity index (χ1) is 16.4. The van der Waals surface area contributed by atoms with Crippen molar-refractivity contribution in [2.24, 2.45) is 0 Å². The Hall–Kier alpha value is -2.37. The predicted octanol–water partition coefficient (Wildman–Crippen LogP) is 5.18. The van der Waals surface area contributed by atoms with Crippen molar-refractivity contribution < 1.29 is 13.2 Å². The molecule has 0 aliphatic carbocycles. The SMILES string of the molecule is O=C(C1CCCCN1S(=O)(=O)c1cccs1)N(Cc1cccnc1)c1nc2c(Cl)cccc2s1. The van der Waals surface area contributed by atoms with Gasteiger partial charge in [0.15, 0.2) is 5.13 Å². The van der Waals surface area contributed by atoms with Crippen molar-refractivity contribution in [3.63, 3.8) is 0 Å². The number of carbonyl (C=O) groups excluding carboxylic acids is 1. The van der Waals surface area contributed by atoms with Crippen molar-refractivity contribution in [2.45, 2.75) is 36.1 Å². The monoisotopic (exact) mass is 532 g/mol. The van der Waals surface area contributed by atoms with E-state index in [1.807, 2.05) is 18.2 Å². The van der Waals surface area contributed by atoms with Crippen LogP contribution in [0, 0.1) is 0 Å². The average molecular weight is 533 g/mol. The highest BCUT2D eigenvalue weighted by Crippen LogP contribution is 2.35. The summed E-state index contributed by atoms with van der Waals surface area (Å²) in [5.74, 6) is -0.293. The Labute approximate surface area is 210 Å². The summed E-state index contributed by atoms with van der Waals surface area (Å²) < 4.78 is 29.3. The van der Waals surface area contributed by atoms with Crippen molar-refractivity contribution in [3.8, 4) is 0 Å². The number of hydrogen-bond acceptors (Lipinski definition) is 7. The van der Waals surface area contributed by atoms with Crippen LogP contribution in [-0.4, -0.2) is 41.2 Å². The van der Waals surface area contributed by atoms with Crippen LogP contribution in [0.2, 0.25) is 5.02 Å². The molecule has 4 aromatic rings. The number of amides is 1. The fourth-order valence-corrected chi connectivity index (χ4v) is 8.12. The molecule has 5 rings (SSSR count). The van der Waals surface area contributed by atoms with Gasteiger partial charge in [-0.25, -0.2) is 13.4 Å². The molecule has 1 amide bonds. The Morgan fingerprint density at radius 3 is 2.79 bits per heavy atom. The Bertz CT molecular complexity index is 1410. The van der Waals surface area contributed by atoms with Gasteiger partial charge < -0.3 is 0 Å². The third kappa shape index (κ3) is 4.48. The number of hydrogen-bond donors (Lipinski definition) is 0. The Morgan fingerprint density at radius 1 is 1.18 bits per heavy atom. The Balaban J connectivity index is 1.55. The fourth-order valence-electron chi connectivity index (χ4n) is 4.08. The normalized spacial score (nSPS) is 17.1. The van der Waals surface area contributed by atoms with Gasteiger partial charge in [-0.05, 0) is 48.1 Å². The van der Waals surface area contributed by atoms with Gasteiger partial charge in [-0.15, -0.1) is 11.3 Å². The molecular formula is C23H21ClN4O3S3. The topological polar surface area (TPSA) is 83.5 Å². The van der Waals surface area contributed by atoms with Crippen LogP contribution in [0.3, 0.4) is 0 Å². The lowest BCUT2D eigenvalue weighted by Crippen LogP contribution is -2.52. The number of fused-ring (bicyclic) bond motifs is 1. The Kier molecular flexibility index (Phi) is 6.67. The highest BCUT2D eigenvalue weighted by Gasteiger charge is 2.40. The van der Waals surface area contributed by atoms with E-state index in [0.29, 0.717) is 35.1 Å². The standard InChI is InChI=1S/C23H21ClN4O3S3/c24-17-7-3-9-19-21(17)26-23(33-19)27(15-16-6-4-11-25-14-16)22(29)18-8-1-2-12-28(18)34(30,31)20-10-5-13-32-20/h3-7,9-11,13-14,18H,1-2,8,12,15H2. The highest BCUT2D eigenvalue weighted by molar-refractivity contribution is 7.91. The second-order valence-electron chi connectivity index (χ2n) is 7.93. The van der Waals surface area contributed by atoms with Crippen LogP contribution in [0.4, 0.5) is 5.13 Å². The molecule has 3 aromatic heterocycles. The van der Waals surface area contributed by atoms with Gasteiger partial charge in [0.2, 0.25) is 5.91 Å². The number of pyridine rings is 1. The van der Waals surface area contributed by atoms with E-state index in [9.17, 15) is 13.2 Å². The zero-order valence-corrected chi connectivity index (χ0v) is 21.2. The largest absolute Gasteiger partial charge is 0.282 e. The zero-order valence-electron chi connectivity index (χ0n) is 18.0. The number of aromatic nitrogens is 2. The van der Waals surface area contributed by atoms with E-state index in [1.54, 1.807) is 46.9 Å². The lowest BCUT2D eigenvalue weighted by atomic mass is 10.0. The minimum Gasteiger partial charge on any atom is -0.282 e. The number of halogens is 1. The second-order valence-corrected chi connectivity index (χ2v) is 12.4. The minimum absolute atomic E-state index is 0.230. The van der Waals surface area contributed by atoms with Crippen LogP contribution in [-0.2, 0) is 21.4 Å². The van der Waals surface area contributed by atoms with E-state index in [0.717, 1.165) is 28.0 Å². The molecule has 4 heterocycles. The molecular weight excluding hydrogens is 512 g/mol. The van der Waals surface area contributed by atoms with Gasteiger partial charge in [0.05, 0.1) is 16.3 Å². The lowest BCUT2D eigenvalue weighted by Gasteiger charge is -2.35. The van der Waals surface area contributed by atoms with Crippen LogP contribution in [0.15, 0.2) is 64.4 Å². The number of para-hydroxylation sites is 1. The van der Waals surface area contributed by atoms with Crippen LogP contribution in [0.5, 0.6) is 0 Å². The van der Waals surface area contributed by atoms with Crippen molar-refractivity contribution in [1.82, 2.24) is 14.3 Å². The molecule has 1 saturated heterocycles. The highest BCUT2D eigenvalue weighted by atomic mass is 35.5. The first-order valence-electron chi connectivity index (χ1n) is 10.8. The van der Waals surface area contributed by atoms with Gasteiger partial charge in [0.1, 0.15) is 15.8 Å². The van der Waals surface area contributed by atoms with E-state index in [1.165, 1.54) is 15.6 Å². The van der Waals surface area contributed by atoms with Gasteiger partial charge in [0, 0.05) is 18.9 Å². The van der Waals surface area contributed by atoms with Crippen molar-refractivity contribution >= 4 is 65.6 Å². The minimum atomic E-state index is -3.78. The maximum atomic E-state index is 14.0. The molecule has 0 bridgehead atoms. The summed E-state index contributed by atoms with van der Waals surface area (Å²) in [7, 11) is -3.78. The van der Waals surface area contributed by atoms with Gasteiger partial charge >= 0.3 is 0 Å². The number of sulfonamides is 1. The second kappa shape index (κ2) is 9.71. The first-order valence-corrected chi connectivity index (χ1v) is 14.3. The molecule has 0 N–H and O–H groups in total. The van der Waals surface area contributed by atoms with Gasteiger partial charge in [-0.1, -0.05) is 47.6 Å². The summed E-state index contributed by atoms with van der Waals surface area (Å²) >= 11 is 8.87. The molecule has 1 fully saturated rings. The zero-order chi connectivity index (χ0) is 23.7. The summed E-state index contributed by atoms with van der Waals surface area (Å²) in [6.45, 7) is 0.538. The molecule has 1 aromatic carbocycles. The van der Waals surface area contributed by atoms with E-state index < -0.39 is 16.1 Å². The summed E-state index contributed by atoms with van der Waals surface area (Å²) in [4.78, 5) is 24.4. The molecule has 1 atom stereocenters. The average Bonchev–Trinajstić information content (AvgIpc) is 3.54. The Morgan fingerprint density at radius 2 is 2.06 bits per heavy atom. The van der Waals surface area contributed by atoms with E-state index >= 15 is 0 Å². The van der Waals surface area contributed by atoms with E-state index in [-0.39, 0.29) is 16.7 Å². The number of thiophene rings is 1. The summed E-state index contributed by atoms with van der Waals surface area (Å²) in [6, 6.07) is 11.7. The van der Waals surface area contributed by atoms with E-state index in [4.69, 9.17) is 11.6 Å². The maximum absolute atomic E-state index is 14.0. The fraction of sp³-hybridized carbons (Fsp3) is 0.261. The van der Waals surface area contributed by atoms with Gasteiger partial charge in [0.25, 0.3) is 10.0 Å². The molecule has 0 spiro atoms. The number of benzene rings is 1. The van der Waals surface area contributed by atoms with Gasteiger partial charge in [-0.2, -0.15) is 4.31 Å². The quantitative estimate of drug-likeness (QED) is 0.341. The molecule has 34 heavy (non-hydrogen) atoms.